The van der Waals surface area contributed by atoms with Gasteiger partial charge in [0.25, 0.3) is 0 Å². The van der Waals surface area contributed by atoms with Crippen LogP contribution >= 0.6 is 35.3 Å². The zero-order valence-electron chi connectivity index (χ0n) is 14.0. The summed E-state index contributed by atoms with van der Waals surface area (Å²) in [7, 11) is 0. The summed E-state index contributed by atoms with van der Waals surface area (Å²) in [4.78, 5) is 8.93. The summed E-state index contributed by atoms with van der Waals surface area (Å²) < 4.78 is 0. The van der Waals surface area contributed by atoms with Gasteiger partial charge in [-0.3, -0.25) is 4.99 Å². The van der Waals surface area contributed by atoms with Gasteiger partial charge in [-0.05, 0) is 37.7 Å². The first kappa shape index (κ1) is 19.2. The number of halogens is 1. The van der Waals surface area contributed by atoms with E-state index in [0.29, 0.717) is 5.96 Å². The summed E-state index contributed by atoms with van der Waals surface area (Å²) >= 11 is 1.68. The van der Waals surface area contributed by atoms with Crippen molar-refractivity contribution in [2.75, 3.05) is 13.1 Å². The molecule has 0 aliphatic heterocycles. The zero-order chi connectivity index (χ0) is 16.1. The Labute approximate surface area is 165 Å². The molecular formula is C18H25IN4S. The Morgan fingerprint density at radius 2 is 2.08 bits per heavy atom. The molecule has 130 valence electrons. The van der Waals surface area contributed by atoms with Crippen LogP contribution in [0.3, 0.4) is 0 Å². The Kier molecular flexibility index (Phi) is 7.48. The first-order chi connectivity index (χ1) is 11.2. The number of guanidine groups is 1. The average molecular weight is 456 g/mol. The fourth-order valence-corrected chi connectivity index (χ4v) is 3.25. The van der Waals surface area contributed by atoms with Crippen LogP contribution in [-0.4, -0.2) is 24.0 Å². The molecule has 24 heavy (non-hydrogen) atoms. The van der Waals surface area contributed by atoms with Crippen LogP contribution in [0.5, 0.6) is 0 Å². The topological polar surface area (TPSA) is 63.3 Å². The van der Waals surface area contributed by atoms with Gasteiger partial charge < -0.3 is 11.1 Å². The Hall–Kier alpha value is -1.15. The highest BCUT2D eigenvalue weighted by molar-refractivity contribution is 14.0. The number of aromatic nitrogens is 1. The molecule has 1 heterocycles. The van der Waals surface area contributed by atoms with Crippen LogP contribution in [0.2, 0.25) is 0 Å². The van der Waals surface area contributed by atoms with E-state index in [1.807, 2.05) is 6.92 Å². The molecule has 1 aromatic carbocycles. The van der Waals surface area contributed by atoms with E-state index < -0.39 is 0 Å². The molecule has 0 atom stereocenters. The number of thiazole rings is 1. The number of rotatable bonds is 6. The van der Waals surface area contributed by atoms with Crippen molar-refractivity contribution in [3.8, 4) is 11.3 Å². The molecule has 0 saturated heterocycles. The van der Waals surface area contributed by atoms with Crippen LogP contribution in [0, 0.1) is 12.8 Å². The highest BCUT2D eigenvalue weighted by Gasteiger charge is 2.16. The third-order valence-corrected chi connectivity index (χ3v) is 5.11. The molecule has 0 spiro atoms. The van der Waals surface area contributed by atoms with Gasteiger partial charge in [-0.15, -0.1) is 35.3 Å². The van der Waals surface area contributed by atoms with Gasteiger partial charge in [0.1, 0.15) is 0 Å². The van der Waals surface area contributed by atoms with Gasteiger partial charge in [0.2, 0.25) is 0 Å². The lowest BCUT2D eigenvalue weighted by Gasteiger charge is -2.23. The Bertz CT molecular complexity index is 662. The molecule has 4 nitrogen and oxygen atoms in total. The number of nitrogens with one attached hydrogen (secondary N) is 1. The quantitative estimate of drug-likeness (QED) is 0.393. The van der Waals surface area contributed by atoms with Crippen molar-refractivity contribution in [2.24, 2.45) is 16.6 Å². The van der Waals surface area contributed by atoms with Crippen molar-refractivity contribution < 1.29 is 0 Å². The highest BCUT2D eigenvalue weighted by Crippen LogP contribution is 2.26. The predicted molar refractivity (Wildman–Crippen MR) is 113 cm³/mol. The van der Waals surface area contributed by atoms with Gasteiger partial charge in [-0.1, -0.05) is 30.7 Å². The van der Waals surface area contributed by atoms with Crippen LogP contribution in [0.15, 0.2) is 34.6 Å². The average Bonchev–Trinajstić information content (AvgIpc) is 2.93. The SMILES string of the molecule is Cc1nc(-c2ccc(CCNC(N)=NCC3CCC3)cc2)cs1.I. The molecule has 1 fully saturated rings. The number of nitrogens with two attached hydrogens (primary N) is 1. The van der Waals surface area contributed by atoms with E-state index in [-0.39, 0.29) is 24.0 Å². The van der Waals surface area contributed by atoms with Gasteiger partial charge in [0.05, 0.1) is 10.7 Å². The van der Waals surface area contributed by atoms with Crippen LogP contribution in [0.1, 0.15) is 29.8 Å². The van der Waals surface area contributed by atoms with Gasteiger partial charge in [-0.25, -0.2) is 4.98 Å². The first-order valence-corrected chi connectivity index (χ1v) is 9.14. The number of aliphatic imine (C=N–C) groups is 1. The number of aryl methyl sites for hydroxylation is 1. The van der Waals surface area contributed by atoms with Crippen LogP contribution in [0.25, 0.3) is 11.3 Å². The van der Waals surface area contributed by atoms with E-state index in [0.717, 1.165) is 36.1 Å². The third kappa shape index (κ3) is 5.44. The lowest BCUT2D eigenvalue weighted by Crippen LogP contribution is -2.34. The molecule has 1 saturated carbocycles. The van der Waals surface area contributed by atoms with Gasteiger partial charge in [-0.2, -0.15) is 0 Å². The molecule has 0 bridgehead atoms. The normalized spacial score (nSPS) is 14.8. The Morgan fingerprint density at radius 3 is 2.67 bits per heavy atom. The monoisotopic (exact) mass is 456 g/mol. The summed E-state index contributed by atoms with van der Waals surface area (Å²) in [5.74, 6) is 1.34. The van der Waals surface area contributed by atoms with Crippen LogP contribution < -0.4 is 11.1 Å². The summed E-state index contributed by atoms with van der Waals surface area (Å²) in [5, 5.41) is 6.41. The summed E-state index contributed by atoms with van der Waals surface area (Å²) in [6.07, 6.45) is 4.91. The predicted octanol–water partition coefficient (Wildman–Crippen LogP) is 3.98. The lowest BCUT2D eigenvalue weighted by atomic mass is 9.86. The summed E-state index contributed by atoms with van der Waals surface area (Å²) in [6, 6.07) is 8.59. The van der Waals surface area contributed by atoms with Crippen LogP contribution in [-0.2, 0) is 6.42 Å². The largest absolute Gasteiger partial charge is 0.370 e. The number of nitrogens with zero attached hydrogens (tertiary/aromatic N) is 2. The van der Waals surface area contributed by atoms with E-state index in [9.17, 15) is 0 Å². The third-order valence-electron chi connectivity index (χ3n) is 4.33. The van der Waals surface area contributed by atoms with Crippen molar-refractivity contribution in [1.82, 2.24) is 10.3 Å². The number of hydrogen-bond acceptors (Lipinski definition) is 3. The molecule has 3 N–H and O–H groups in total. The van der Waals surface area contributed by atoms with Crippen molar-refractivity contribution in [3.05, 3.63) is 40.2 Å². The maximum absolute atomic E-state index is 5.90. The zero-order valence-corrected chi connectivity index (χ0v) is 17.1. The minimum absolute atomic E-state index is 0. The molecule has 1 aromatic heterocycles. The second-order valence-corrected chi connectivity index (χ2v) is 7.21. The number of benzene rings is 1. The van der Waals surface area contributed by atoms with Gasteiger partial charge in [0.15, 0.2) is 5.96 Å². The number of hydrogen-bond donors (Lipinski definition) is 2. The first-order valence-electron chi connectivity index (χ1n) is 8.26. The highest BCUT2D eigenvalue weighted by atomic mass is 127. The molecule has 0 radical (unpaired) electrons. The van der Waals surface area contributed by atoms with E-state index in [1.54, 1.807) is 11.3 Å². The maximum Gasteiger partial charge on any atom is 0.188 e. The van der Waals surface area contributed by atoms with Crippen molar-refractivity contribution in [3.63, 3.8) is 0 Å². The molecular weight excluding hydrogens is 431 g/mol. The van der Waals surface area contributed by atoms with Crippen molar-refractivity contribution in [1.29, 1.82) is 0 Å². The maximum atomic E-state index is 5.90. The van der Waals surface area contributed by atoms with E-state index in [1.165, 1.54) is 30.4 Å². The van der Waals surface area contributed by atoms with Crippen molar-refractivity contribution >= 4 is 41.3 Å². The second kappa shape index (κ2) is 9.36. The molecule has 6 heteroatoms. The molecule has 0 unspecified atom stereocenters. The summed E-state index contributed by atoms with van der Waals surface area (Å²) in [6.45, 7) is 3.72. The molecule has 0 amide bonds. The van der Waals surface area contributed by atoms with E-state index in [2.05, 4.69) is 44.9 Å². The molecule has 1 aliphatic carbocycles. The molecule has 1 aliphatic rings. The standard InChI is InChI=1S/C18H24N4S.HI/c1-13-22-17(12-23-13)16-7-5-14(6-8-16)9-10-20-18(19)21-11-15-3-2-4-15;/h5-8,12,15H,2-4,9-11H2,1H3,(H3,19,20,21);1H. The minimum Gasteiger partial charge on any atom is -0.370 e. The van der Waals surface area contributed by atoms with E-state index >= 15 is 0 Å². The van der Waals surface area contributed by atoms with Gasteiger partial charge in [0, 0.05) is 24.0 Å². The van der Waals surface area contributed by atoms with E-state index in [4.69, 9.17) is 5.73 Å². The van der Waals surface area contributed by atoms with Crippen molar-refractivity contribution in [2.45, 2.75) is 32.6 Å². The minimum atomic E-state index is 0. The Morgan fingerprint density at radius 1 is 1.33 bits per heavy atom. The molecule has 3 rings (SSSR count). The summed E-state index contributed by atoms with van der Waals surface area (Å²) in [5.41, 5.74) is 9.42. The fourth-order valence-electron chi connectivity index (χ4n) is 2.63. The second-order valence-electron chi connectivity index (χ2n) is 6.15. The fraction of sp³-hybridized carbons (Fsp3) is 0.444. The van der Waals surface area contributed by atoms with Crippen LogP contribution in [0.4, 0.5) is 0 Å². The van der Waals surface area contributed by atoms with Gasteiger partial charge >= 0.3 is 0 Å². The lowest BCUT2D eigenvalue weighted by molar-refractivity contribution is 0.326. The smallest absolute Gasteiger partial charge is 0.188 e. The Balaban J connectivity index is 0.00000208. The molecule has 2 aromatic rings.